The molecule has 0 saturated heterocycles. The second-order valence-electron chi connectivity index (χ2n) is 3.14. The van der Waals surface area contributed by atoms with Crippen LogP contribution >= 0.6 is 11.6 Å². The number of anilines is 1. The van der Waals surface area contributed by atoms with Crippen molar-refractivity contribution in [3.8, 4) is 0 Å². The summed E-state index contributed by atoms with van der Waals surface area (Å²) in [4.78, 5) is 11.4. The number of nitrogen functional groups attached to an aromatic ring is 1. The van der Waals surface area contributed by atoms with Gasteiger partial charge in [-0.3, -0.25) is 0 Å². The van der Waals surface area contributed by atoms with Crippen LogP contribution in [0, 0.1) is 5.82 Å². The fraction of sp³-hybridized carbons (Fsp3) is 0.100. The van der Waals surface area contributed by atoms with Gasteiger partial charge in [-0.1, -0.05) is 17.7 Å². The monoisotopic (exact) mass is 238 g/mol. The smallest absolute Gasteiger partial charge is 0.223 e. The Morgan fingerprint density at radius 1 is 1.31 bits per heavy atom. The first-order valence-electron chi connectivity index (χ1n) is 4.53. The summed E-state index contributed by atoms with van der Waals surface area (Å²) in [6.45, 7) is 0. The predicted molar refractivity (Wildman–Crippen MR) is 58.5 cm³/mol. The van der Waals surface area contributed by atoms with Crippen LogP contribution in [0.1, 0.15) is 11.4 Å². The minimum Gasteiger partial charge on any atom is -0.368 e. The lowest BCUT2D eigenvalue weighted by atomic mass is 10.1. The number of aromatic nitrogens is 3. The second kappa shape index (κ2) is 4.40. The summed E-state index contributed by atoms with van der Waals surface area (Å²) in [5, 5.41) is 0.346. The Bertz CT molecular complexity index is 498. The number of nitrogens with zero attached hydrogens (tertiary/aromatic N) is 3. The van der Waals surface area contributed by atoms with Gasteiger partial charge in [0, 0.05) is 17.0 Å². The van der Waals surface area contributed by atoms with Crippen molar-refractivity contribution in [3.05, 3.63) is 46.8 Å². The SMILES string of the molecule is Nc1ncnc(Cc2c(F)cccc2Cl)n1. The van der Waals surface area contributed by atoms with Crippen molar-refractivity contribution < 1.29 is 4.39 Å². The number of benzene rings is 1. The highest BCUT2D eigenvalue weighted by molar-refractivity contribution is 6.31. The van der Waals surface area contributed by atoms with Gasteiger partial charge >= 0.3 is 0 Å². The van der Waals surface area contributed by atoms with Crippen molar-refractivity contribution in [1.29, 1.82) is 0 Å². The molecular formula is C10H8ClFN4. The quantitative estimate of drug-likeness (QED) is 0.867. The third kappa shape index (κ3) is 2.25. The summed E-state index contributed by atoms with van der Waals surface area (Å²) < 4.78 is 13.4. The average molecular weight is 239 g/mol. The van der Waals surface area contributed by atoms with Gasteiger partial charge in [-0.25, -0.2) is 14.4 Å². The van der Waals surface area contributed by atoms with Crippen molar-refractivity contribution in [3.63, 3.8) is 0 Å². The molecule has 2 rings (SSSR count). The molecule has 0 unspecified atom stereocenters. The van der Waals surface area contributed by atoms with E-state index in [9.17, 15) is 4.39 Å². The molecule has 1 aromatic heterocycles. The number of hydrogen-bond acceptors (Lipinski definition) is 4. The molecule has 2 aromatic rings. The lowest BCUT2D eigenvalue weighted by molar-refractivity contribution is 0.612. The van der Waals surface area contributed by atoms with Crippen molar-refractivity contribution in [1.82, 2.24) is 15.0 Å². The van der Waals surface area contributed by atoms with Crippen molar-refractivity contribution >= 4 is 17.5 Å². The van der Waals surface area contributed by atoms with Crippen LogP contribution in [-0.4, -0.2) is 15.0 Å². The first kappa shape index (κ1) is 10.8. The van der Waals surface area contributed by atoms with Gasteiger partial charge in [0.1, 0.15) is 18.0 Å². The van der Waals surface area contributed by atoms with Crippen LogP contribution in [0.2, 0.25) is 5.02 Å². The van der Waals surface area contributed by atoms with Crippen molar-refractivity contribution in [2.45, 2.75) is 6.42 Å². The van der Waals surface area contributed by atoms with E-state index in [1.165, 1.54) is 12.4 Å². The van der Waals surface area contributed by atoms with Crippen LogP contribution in [0.15, 0.2) is 24.5 Å². The molecule has 16 heavy (non-hydrogen) atoms. The fourth-order valence-corrected chi connectivity index (χ4v) is 1.52. The topological polar surface area (TPSA) is 64.7 Å². The number of hydrogen-bond donors (Lipinski definition) is 1. The maximum atomic E-state index is 13.4. The molecule has 0 spiro atoms. The third-order valence-electron chi connectivity index (χ3n) is 2.04. The standard InChI is InChI=1S/C10H8ClFN4/c11-7-2-1-3-8(12)6(7)4-9-14-5-15-10(13)16-9/h1-3,5H,4H2,(H2,13,14,15,16). The Morgan fingerprint density at radius 2 is 2.12 bits per heavy atom. The molecule has 0 aliphatic heterocycles. The first-order valence-corrected chi connectivity index (χ1v) is 4.91. The fourth-order valence-electron chi connectivity index (χ4n) is 1.29. The van der Waals surface area contributed by atoms with E-state index in [-0.39, 0.29) is 18.2 Å². The highest BCUT2D eigenvalue weighted by atomic mass is 35.5. The highest BCUT2D eigenvalue weighted by Crippen LogP contribution is 2.20. The molecule has 1 heterocycles. The molecule has 0 saturated carbocycles. The molecule has 0 aliphatic rings. The van der Waals surface area contributed by atoms with Crippen molar-refractivity contribution in [2.24, 2.45) is 0 Å². The molecule has 4 nitrogen and oxygen atoms in total. The summed E-state index contributed by atoms with van der Waals surface area (Å²) in [5.41, 5.74) is 5.76. The number of halogens is 2. The maximum Gasteiger partial charge on any atom is 0.223 e. The van der Waals surface area contributed by atoms with Gasteiger partial charge in [0.2, 0.25) is 5.95 Å². The van der Waals surface area contributed by atoms with E-state index in [0.717, 1.165) is 0 Å². The van der Waals surface area contributed by atoms with E-state index < -0.39 is 0 Å². The molecule has 2 N–H and O–H groups in total. The van der Waals surface area contributed by atoms with Crippen LogP contribution < -0.4 is 5.73 Å². The minimum absolute atomic E-state index is 0.109. The predicted octanol–water partition coefficient (Wildman–Crippen LogP) is 1.84. The molecule has 0 amide bonds. The van der Waals surface area contributed by atoms with Gasteiger partial charge in [-0.2, -0.15) is 4.98 Å². The van der Waals surface area contributed by atoms with E-state index >= 15 is 0 Å². The number of rotatable bonds is 2. The summed E-state index contributed by atoms with van der Waals surface area (Å²) >= 11 is 5.88. The van der Waals surface area contributed by atoms with Gasteiger partial charge in [-0.15, -0.1) is 0 Å². The molecule has 1 aromatic carbocycles. The zero-order valence-corrected chi connectivity index (χ0v) is 8.95. The Morgan fingerprint density at radius 3 is 2.81 bits per heavy atom. The molecule has 6 heteroatoms. The van der Waals surface area contributed by atoms with Gasteiger partial charge < -0.3 is 5.73 Å². The molecule has 82 valence electrons. The second-order valence-corrected chi connectivity index (χ2v) is 3.54. The van der Waals surface area contributed by atoms with Crippen LogP contribution in [0.4, 0.5) is 10.3 Å². The lowest BCUT2D eigenvalue weighted by Gasteiger charge is -2.04. The minimum atomic E-state index is -0.383. The highest BCUT2D eigenvalue weighted by Gasteiger charge is 2.09. The average Bonchev–Trinajstić information content (AvgIpc) is 2.24. The van der Waals surface area contributed by atoms with Gasteiger partial charge in [-0.05, 0) is 12.1 Å². The van der Waals surface area contributed by atoms with E-state index in [2.05, 4.69) is 15.0 Å². The Kier molecular flexibility index (Phi) is 2.96. The normalized spacial score (nSPS) is 10.4. The van der Waals surface area contributed by atoms with Crippen molar-refractivity contribution in [2.75, 3.05) is 5.73 Å². The third-order valence-corrected chi connectivity index (χ3v) is 2.39. The van der Waals surface area contributed by atoms with E-state index in [1.807, 2.05) is 0 Å². The van der Waals surface area contributed by atoms with Crippen LogP contribution in [0.3, 0.4) is 0 Å². The van der Waals surface area contributed by atoms with E-state index in [1.54, 1.807) is 12.1 Å². The Balaban J connectivity index is 2.34. The van der Waals surface area contributed by atoms with Gasteiger partial charge in [0.15, 0.2) is 0 Å². The largest absolute Gasteiger partial charge is 0.368 e. The first-order chi connectivity index (χ1) is 7.66. The van der Waals surface area contributed by atoms with Crippen LogP contribution in [-0.2, 0) is 6.42 Å². The van der Waals surface area contributed by atoms with Crippen LogP contribution in [0.5, 0.6) is 0 Å². The summed E-state index contributed by atoms with van der Waals surface area (Å²) in [7, 11) is 0. The molecule has 0 aliphatic carbocycles. The molecular weight excluding hydrogens is 231 g/mol. The van der Waals surface area contributed by atoms with Gasteiger partial charge in [0.05, 0.1) is 0 Å². The lowest BCUT2D eigenvalue weighted by Crippen LogP contribution is -2.03. The number of nitrogens with two attached hydrogens (primary N) is 1. The van der Waals surface area contributed by atoms with E-state index in [0.29, 0.717) is 16.4 Å². The van der Waals surface area contributed by atoms with E-state index in [4.69, 9.17) is 17.3 Å². The Hall–Kier alpha value is -1.75. The molecule has 0 fully saturated rings. The molecule has 0 atom stereocenters. The Labute approximate surface area is 96.3 Å². The molecule has 0 bridgehead atoms. The zero-order valence-electron chi connectivity index (χ0n) is 8.19. The maximum absolute atomic E-state index is 13.4. The summed E-state index contributed by atoms with van der Waals surface area (Å²) in [6.07, 6.45) is 1.48. The summed E-state index contributed by atoms with van der Waals surface area (Å²) in [5.74, 6) is 0.114. The van der Waals surface area contributed by atoms with Crippen LogP contribution in [0.25, 0.3) is 0 Å². The molecule has 0 radical (unpaired) electrons. The summed E-state index contributed by atoms with van der Waals surface area (Å²) in [6, 6.07) is 4.50. The van der Waals surface area contributed by atoms with Gasteiger partial charge in [0.25, 0.3) is 0 Å². The zero-order chi connectivity index (χ0) is 11.5.